The maximum absolute atomic E-state index is 3.87. The highest BCUT2D eigenvalue weighted by atomic mass is 15.1. The monoisotopic (exact) mass is 238 g/mol. The first-order chi connectivity index (χ1) is 8.10. The van der Waals surface area contributed by atoms with E-state index in [1.54, 1.807) is 0 Å². The Labute approximate surface area is 107 Å². The molecule has 1 atom stereocenters. The SMILES string of the molecule is C=CCN(CCC)CC(C)(C)C1CCCNC1. The third kappa shape index (κ3) is 4.81. The Morgan fingerprint density at radius 2 is 2.24 bits per heavy atom. The highest BCUT2D eigenvalue weighted by Gasteiger charge is 2.31. The molecule has 0 radical (unpaired) electrons. The van der Waals surface area contributed by atoms with E-state index in [2.05, 4.69) is 37.6 Å². The van der Waals surface area contributed by atoms with Crippen LogP contribution in [0, 0.1) is 11.3 Å². The summed E-state index contributed by atoms with van der Waals surface area (Å²) in [4.78, 5) is 2.54. The Kier molecular flexibility index (Phi) is 6.21. The molecule has 1 rings (SSSR count). The topological polar surface area (TPSA) is 15.3 Å². The summed E-state index contributed by atoms with van der Waals surface area (Å²) in [5, 5.41) is 3.54. The number of nitrogens with one attached hydrogen (secondary N) is 1. The van der Waals surface area contributed by atoms with E-state index in [4.69, 9.17) is 0 Å². The standard InChI is InChI=1S/C15H30N2/c1-5-10-17(11-6-2)13-15(3,4)14-8-7-9-16-12-14/h5,14,16H,1,6-13H2,2-4H3. The van der Waals surface area contributed by atoms with Gasteiger partial charge in [0, 0.05) is 13.1 Å². The fourth-order valence-electron chi connectivity index (χ4n) is 2.96. The van der Waals surface area contributed by atoms with Gasteiger partial charge in [-0.15, -0.1) is 6.58 Å². The van der Waals surface area contributed by atoms with E-state index in [-0.39, 0.29) is 0 Å². The van der Waals surface area contributed by atoms with E-state index in [1.165, 1.54) is 45.4 Å². The van der Waals surface area contributed by atoms with Gasteiger partial charge in [-0.1, -0.05) is 26.8 Å². The van der Waals surface area contributed by atoms with E-state index in [0.29, 0.717) is 5.41 Å². The van der Waals surface area contributed by atoms with Gasteiger partial charge in [0.05, 0.1) is 0 Å². The molecule has 1 saturated heterocycles. The van der Waals surface area contributed by atoms with Crippen molar-refractivity contribution in [3.05, 3.63) is 12.7 Å². The van der Waals surface area contributed by atoms with Crippen molar-refractivity contribution in [2.45, 2.75) is 40.0 Å². The highest BCUT2D eigenvalue weighted by molar-refractivity contribution is 4.87. The molecule has 0 amide bonds. The van der Waals surface area contributed by atoms with Gasteiger partial charge < -0.3 is 5.32 Å². The van der Waals surface area contributed by atoms with E-state index in [1.807, 2.05) is 6.08 Å². The molecule has 17 heavy (non-hydrogen) atoms. The Hall–Kier alpha value is -0.340. The second-order valence-electron chi connectivity index (χ2n) is 6.06. The molecular weight excluding hydrogens is 208 g/mol. The van der Waals surface area contributed by atoms with Crippen LogP contribution in [-0.4, -0.2) is 37.6 Å². The van der Waals surface area contributed by atoms with Crippen LogP contribution < -0.4 is 5.32 Å². The Morgan fingerprint density at radius 3 is 2.76 bits per heavy atom. The lowest BCUT2D eigenvalue weighted by atomic mass is 9.74. The van der Waals surface area contributed by atoms with Gasteiger partial charge in [-0.3, -0.25) is 4.90 Å². The second-order valence-corrected chi connectivity index (χ2v) is 6.06. The summed E-state index contributed by atoms with van der Waals surface area (Å²) in [5.74, 6) is 0.820. The van der Waals surface area contributed by atoms with Gasteiger partial charge in [0.15, 0.2) is 0 Å². The molecule has 0 saturated carbocycles. The Bertz CT molecular complexity index is 217. The summed E-state index contributed by atoms with van der Waals surface area (Å²) in [6.45, 7) is 16.8. The maximum Gasteiger partial charge on any atom is 0.0160 e. The van der Waals surface area contributed by atoms with Gasteiger partial charge in [-0.25, -0.2) is 0 Å². The van der Waals surface area contributed by atoms with Crippen molar-refractivity contribution in [2.24, 2.45) is 11.3 Å². The lowest BCUT2D eigenvalue weighted by Gasteiger charge is -2.40. The van der Waals surface area contributed by atoms with Crippen LogP contribution in [0.25, 0.3) is 0 Å². The average molecular weight is 238 g/mol. The van der Waals surface area contributed by atoms with Gasteiger partial charge in [0.1, 0.15) is 0 Å². The second kappa shape index (κ2) is 7.17. The number of hydrogen-bond acceptors (Lipinski definition) is 2. The van der Waals surface area contributed by atoms with E-state index in [9.17, 15) is 0 Å². The third-order valence-electron chi connectivity index (χ3n) is 3.96. The summed E-state index contributed by atoms with van der Waals surface area (Å²) in [7, 11) is 0. The quantitative estimate of drug-likeness (QED) is 0.686. The molecule has 1 aliphatic rings. The zero-order valence-electron chi connectivity index (χ0n) is 12.0. The predicted molar refractivity (Wildman–Crippen MR) is 76.3 cm³/mol. The average Bonchev–Trinajstić information content (AvgIpc) is 2.30. The smallest absolute Gasteiger partial charge is 0.0160 e. The summed E-state index contributed by atoms with van der Waals surface area (Å²) >= 11 is 0. The van der Waals surface area contributed by atoms with Crippen LogP contribution >= 0.6 is 0 Å². The zero-order valence-corrected chi connectivity index (χ0v) is 12.0. The molecule has 0 aliphatic carbocycles. The number of piperidine rings is 1. The van der Waals surface area contributed by atoms with Gasteiger partial charge in [-0.2, -0.15) is 0 Å². The van der Waals surface area contributed by atoms with E-state index >= 15 is 0 Å². The van der Waals surface area contributed by atoms with Gasteiger partial charge in [0.2, 0.25) is 0 Å². The molecule has 1 unspecified atom stereocenters. The van der Waals surface area contributed by atoms with Crippen molar-refractivity contribution in [3.8, 4) is 0 Å². The van der Waals surface area contributed by atoms with Crippen molar-refractivity contribution in [1.82, 2.24) is 10.2 Å². The molecule has 2 heteroatoms. The summed E-state index contributed by atoms with van der Waals surface area (Å²) < 4.78 is 0. The molecule has 1 fully saturated rings. The molecule has 0 bridgehead atoms. The first-order valence-electron chi connectivity index (χ1n) is 7.14. The molecular formula is C15H30N2. The summed E-state index contributed by atoms with van der Waals surface area (Å²) in [6.07, 6.45) is 5.98. The minimum Gasteiger partial charge on any atom is -0.316 e. The fourth-order valence-corrected chi connectivity index (χ4v) is 2.96. The van der Waals surface area contributed by atoms with Crippen molar-refractivity contribution < 1.29 is 0 Å². The number of hydrogen-bond donors (Lipinski definition) is 1. The maximum atomic E-state index is 3.87. The van der Waals surface area contributed by atoms with Gasteiger partial charge in [-0.05, 0) is 50.2 Å². The molecule has 100 valence electrons. The van der Waals surface area contributed by atoms with Crippen molar-refractivity contribution in [3.63, 3.8) is 0 Å². The lowest BCUT2D eigenvalue weighted by molar-refractivity contribution is 0.107. The van der Waals surface area contributed by atoms with Crippen LogP contribution in [0.4, 0.5) is 0 Å². The Morgan fingerprint density at radius 1 is 1.47 bits per heavy atom. The largest absolute Gasteiger partial charge is 0.316 e. The zero-order chi connectivity index (χ0) is 12.7. The van der Waals surface area contributed by atoms with Crippen LogP contribution in [-0.2, 0) is 0 Å². The minimum absolute atomic E-state index is 0.408. The first kappa shape index (κ1) is 14.7. The molecule has 0 spiro atoms. The highest BCUT2D eigenvalue weighted by Crippen LogP contribution is 2.32. The predicted octanol–water partition coefficient (Wildman–Crippen LogP) is 2.91. The molecule has 0 aromatic rings. The molecule has 1 aliphatic heterocycles. The number of nitrogens with zero attached hydrogens (tertiary/aromatic N) is 1. The number of rotatable bonds is 7. The van der Waals surface area contributed by atoms with Crippen LogP contribution in [0.5, 0.6) is 0 Å². The molecule has 1 heterocycles. The van der Waals surface area contributed by atoms with Gasteiger partial charge >= 0.3 is 0 Å². The van der Waals surface area contributed by atoms with E-state index < -0.39 is 0 Å². The molecule has 0 aromatic carbocycles. The van der Waals surface area contributed by atoms with Crippen molar-refractivity contribution in [1.29, 1.82) is 0 Å². The van der Waals surface area contributed by atoms with Crippen LogP contribution in [0.3, 0.4) is 0 Å². The fraction of sp³-hybridized carbons (Fsp3) is 0.867. The van der Waals surface area contributed by atoms with Crippen LogP contribution in [0.15, 0.2) is 12.7 Å². The van der Waals surface area contributed by atoms with Crippen LogP contribution in [0.2, 0.25) is 0 Å². The molecule has 2 nitrogen and oxygen atoms in total. The van der Waals surface area contributed by atoms with Crippen molar-refractivity contribution in [2.75, 3.05) is 32.7 Å². The van der Waals surface area contributed by atoms with Gasteiger partial charge in [0.25, 0.3) is 0 Å². The normalized spacial score (nSPS) is 21.8. The summed E-state index contributed by atoms with van der Waals surface area (Å²) in [6, 6.07) is 0. The van der Waals surface area contributed by atoms with Crippen molar-refractivity contribution >= 4 is 0 Å². The molecule has 0 aromatic heterocycles. The Balaban J connectivity index is 2.51. The third-order valence-corrected chi connectivity index (χ3v) is 3.96. The lowest BCUT2D eigenvalue weighted by Crippen LogP contribution is -2.45. The minimum atomic E-state index is 0.408. The van der Waals surface area contributed by atoms with E-state index in [0.717, 1.165) is 12.5 Å². The first-order valence-corrected chi connectivity index (χ1v) is 7.14. The summed E-state index contributed by atoms with van der Waals surface area (Å²) in [5.41, 5.74) is 0.408. The molecule has 1 N–H and O–H groups in total. The van der Waals surface area contributed by atoms with Crippen LogP contribution in [0.1, 0.15) is 40.0 Å².